The molecule has 1 aromatic heterocycles. The Bertz CT molecular complexity index is 1280. The van der Waals surface area contributed by atoms with Crippen LogP contribution in [0.4, 0.5) is 5.82 Å². The maximum Gasteiger partial charge on any atom is 0.254 e. The predicted molar refractivity (Wildman–Crippen MR) is 159 cm³/mol. The Labute approximate surface area is 240 Å². The van der Waals surface area contributed by atoms with Gasteiger partial charge in [0.2, 0.25) is 5.91 Å². The SMILES string of the molecule is CC1CN(c2cc(Cl)nc(SCC(=O)NCCc3ccccc3)n2)CCN1C(=O)c1ccc(C(C)(C)C)cc1. The number of carbonyl (C=O) groups is 2. The topological polar surface area (TPSA) is 78.4 Å². The molecule has 0 aliphatic carbocycles. The molecule has 4 rings (SSSR count). The fourth-order valence-corrected chi connectivity index (χ4v) is 5.44. The average molecular weight is 566 g/mol. The summed E-state index contributed by atoms with van der Waals surface area (Å²) >= 11 is 7.58. The average Bonchev–Trinajstić information content (AvgIpc) is 2.91. The van der Waals surface area contributed by atoms with E-state index in [1.165, 1.54) is 22.9 Å². The highest BCUT2D eigenvalue weighted by Gasteiger charge is 2.29. The number of hydrogen-bond donors (Lipinski definition) is 1. The summed E-state index contributed by atoms with van der Waals surface area (Å²) in [5.74, 6) is 0.881. The zero-order valence-electron chi connectivity index (χ0n) is 23.0. The van der Waals surface area contributed by atoms with E-state index in [9.17, 15) is 9.59 Å². The van der Waals surface area contributed by atoms with Crippen LogP contribution < -0.4 is 10.2 Å². The first-order chi connectivity index (χ1) is 18.6. The largest absolute Gasteiger partial charge is 0.355 e. The number of thioether (sulfide) groups is 1. The molecule has 7 nitrogen and oxygen atoms in total. The van der Waals surface area contributed by atoms with E-state index < -0.39 is 0 Å². The molecule has 9 heteroatoms. The van der Waals surface area contributed by atoms with E-state index in [0.717, 1.165) is 6.42 Å². The molecule has 0 radical (unpaired) electrons. The lowest BCUT2D eigenvalue weighted by Crippen LogP contribution is -2.54. The van der Waals surface area contributed by atoms with Crippen LogP contribution in [-0.4, -0.2) is 64.7 Å². The molecule has 2 heterocycles. The Morgan fingerprint density at radius 3 is 2.44 bits per heavy atom. The third kappa shape index (κ3) is 7.96. The van der Waals surface area contributed by atoms with Gasteiger partial charge in [-0.15, -0.1) is 0 Å². The van der Waals surface area contributed by atoms with Gasteiger partial charge in [-0.25, -0.2) is 9.97 Å². The maximum absolute atomic E-state index is 13.2. The molecule has 39 heavy (non-hydrogen) atoms. The van der Waals surface area contributed by atoms with Crippen molar-refractivity contribution >= 4 is 41.0 Å². The van der Waals surface area contributed by atoms with Crippen LogP contribution in [0.25, 0.3) is 0 Å². The predicted octanol–water partition coefficient (Wildman–Crippen LogP) is 5.23. The third-order valence-corrected chi connectivity index (χ3v) is 7.82. The van der Waals surface area contributed by atoms with Gasteiger partial charge >= 0.3 is 0 Å². The van der Waals surface area contributed by atoms with Crippen LogP contribution in [0.5, 0.6) is 0 Å². The van der Waals surface area contributed by atoms with Gasteiger partial charge in [-0.05, 0) is 42.0 Å². The van der Waals surface area contributed by atoms with E-state index in [0.29, 0.717) is 47.9 Å². The smallest absolute Gasteiger partial charge is 0.254 e. The van der Waals surface area contributed by atoms with Crippen molar-refractivity contribution in [3.05, 3.63) is 82.5 Å². The Balaban J connectivity index is 1.31. The number of halogens is 1. The van der Waals surface area contributed by atoms with Gasteiger partial charge in [0, 0.05) is 43.9 Å². The van der Waals surface area contributed by atoms with Crippen molar-refractivity contribution in [1.29, 1.82) is 0 Å². The summed E-state index contributed by atoms with van der Waals surface area (Å²) in [6, 6.07) is 19.7. The van der Waals surface area contributed by atoms with Gasteiger partial charge in [-0.1, -0.05) is 86.6 Å². The number of aromatic nitrogens is 2. The summed E-state index contributed by atoms with van der Waals surface area (Å²) in [6.45, 7) is 11.0. The van der Waals surface area contributed by atoms with Crippen molar-refractivity contribution in [1.82, 2.24) is 20.2 Å². The third-order valence-electron chi connectivity index (χ3n) is 6.78. The number of piperazine rings is 1. The number of amides is 2. The Morgan fingerprint density at radius 2 is 1.77 bits per heavy atom. The van der Waals surface area contributed by atoms with Crippen molar-refractivity contribution in [3.63, 3.8) is 0 Å². The minimum atomic E-state index is -0.0719. The van der Waals surface area contributed by atoms with Crippen molar-refractivity contribution in [2.75, 3.05) is 36.8 Å². The van der Waals surface area contributed by atoms with Gasteiger partial charge in [-0.3, -0.25) is 9.59 Å². The normalized spacial score (nSPS) is 15.8. The van der Waals surface area contributed by atoms with Gasteiger partial charge < -0.3 is 15.1 Å². The molecule has 1 atom stereocenters. The second kappa shape index (κ2) is 12.8. The molecule has 1 saturated heterocycles. The molecule has 0 spiro atoms. The Kier molecular flexibility index (Phi) is 9.51. The number of rotatable bonds is 8. The van der Waals surface area contributed by atoms with Crippen LogP contribution in [0, 0.1) is 0 Å². The van der Waals surface area contributed by atoms with E-state index in [2.05, 4.69) is 41.0 Å². The van der Waals surface area contributed by atoms with Crippen molar-refractivity contribution in [3.8, 4) is 0 Å². The molecule has 1 unspecified atom stereocenters. The number of carbonyl (C=O) groups excluding carboxylic acids is 2. The molecular formula is C30H36ClN5O2S. The summed E-state index contributed by atoms with van der Waals surface area (Å²) < 4.78 is 0. The van der Waals surface area contributed by atoms with Crippen LogP contribution in [0.2, 0.25) is 5.15 Å². The molecule has 1 fully saturated rings. The first kappa shape index (κ1) is 28.9. The fourth-order valence-electron chi connectivity index (χ4n) is 4.53. The van der Waals surface area contributed by atoms with Crippen LogP contribution in [-0.2, 0) is 16.6 Å². The van der Waals surface area contributed by atoms with Crippen LogP contribution in [0.1, 0.15) is 49.2 Å². The molecule has 1 aliphatic heterocycles. The second-order valence-electron chi connectivity index (χ2n) is 10.8. The summed E-state index contributed by atoms with van der Waals surface area (Å²) in [4.78, 5) is 38.6. The Morgan fingerprint density at radius 1 is 1.05 bits per heavy atom. The highest BCUT2D eigenvalue weighted by atomic mass is 35.5. The molecule has 2 amide bonds. The van der Waals surface area contributed by atoms with Crippen molar-refractivity contribution < 1.29 is 9.59 Å². The summed E-state index contributed by atoms with van der Waals surface area (Å²) in [7, 11) is 0. The fraction of sp³-hybridized carbons (Fsp3) is 0.400. The maximum atomic E-state index is 13.2. The van der Waals surface area contributed by atoms with Gasteiger partial charge in [0.1, 0.15) is 11.0 Å². The van der Waals surface area contributed by atoms with E-state index in [-0.39, 0.29) is 29.0 Å². The molecule has 1 N–H and O–H groups in total. The highest BCUT2D eigenvalue weighted by Crippen LogP contribution is 2.26. The number of nitrogens with zero attached hydrogens (tertiary/aromatic N) is 4. The molecule has 2 aromatic carbocycles. The lowest BCUT2D eigenvalue weighted by atomic mass is 9.86. The van der Waals surface area contributed by atoms with Gasteiger partial charge in [0.25, 0.3) is 5.91 Å². The highest BCUT2D eigenvalue weighted by molar-refractivity contribution is 7.99. The summed E-state index contributed by atoms with van der Waals surface area (Å²) in [6.07, 6.45) is 0.782. The number of nitrogens with one attached hydrogen (secondary N) is 1. The molecular weight excluding hydrogens is 530 g/mol. The van der Waals surface area contributed by atoms with E-state index >= 15 is 0 Å². The van der Waals surface area contributed by atoms with Gasteiger partial charge in [-0.2, -0.15) is 0 Å². The Hall–Kier alpha value is -3.10. The summed E-state index contributed by atoms with van der Waals surface area (Å²) in [5.41, 5.74) is 3.13. The van der Waals surface area contributed by atoms with Crippen LogP contribution >= 0.6 is 23.4 Å². The molecule has 0 bridgehead atoms. The van der Waals surface area contributed by atoms with E-state index in [1.807, 2.05) is 66.4 Å². The minimum absolute atomic E-state index is 0.00576. The first-order valence-electron chi connectivity index (χ1n) is 13.2. The van der Waals surface area contributed by atoms with Crippen LogP contribution in [0.15, 0.2) is 65.8 Å². The molecule has 206 valence electrons. The lowest BCUT2D eigenvalue weighted by Gasteiger charge is -2.40. The van der Waals surface area contributed by atoms with Gasteiger partial charge in [0.05, 0.1) is 5.75 Å². The monoisotopic (exact) mass is 565 g/mol. The number of benzene rings is 2. The second-order valence-corrected chi connectivity index (χ2v) is 12.2. The van der Waals surface area contributed by atoms with Gasteiger partial charge in [0.15, 0.2) is 5.16 Å². The number of hydrogen-bond acceptors (Lipinski definition) is 6. The number of anilines is 1. The first-order valence-corrected chi connectivity index (χ1v) is 14.6. The van der Waals surface area contributed by atoms with E-state index in [1.54, 1.807) is 6.07 Å². The van der Waals surface area contributed by atoms with Crippen molar-refractivity contribution in [2.24, 2.45) is 0 Å². The molecule has 1 aliphatic rings. The van der Waals surface area contributed by atoms with E-state index in [4.69, 9.17) is 11.6 Å². The lowest BCUT2D eigenvalue weighted by molar-refractivity contribution is -0.118. The standard InChI is InChI=1S/C30H36ClN5O2S/c1-21-19-35(16-17-36(21)28(38)23-10-12-24(13-11-23)30(2,3)4)26-18-25(31)33-29(34-26)39-20-27(37)32-15-14-22-8-6-5-7-9-22/h5-13,18,21H,14-17,19-20H2,1-4H3,(H,32,37). The molecule has 3 aromatic rings. The minimum Gasteiger partial charge on any atom is -0.355 e. The molecule has 0 saturated carbocycles. The quantitative estimate of drug-likeness (QED) is 0.229. The van der Waals surface area contributed by atoms with Crippen molar-refractivity contribution in [2.45, 2.75) is 50.7 Å². The zero-order chi connectivity index (χ0) is 28.0. The van der Waals surface area contributed by atoms with Crippen LogP contribution in [0.3, 0.4) is 0 Å². The zero-order valence-corrected chi connectivity index (χ0v) is 24.6. The summed E-state index contributed by atoms with van der Waals surface area (Å²) in [5, 5.41) is 3.73.